The van der Waals surface area contributed by atoms with Crippen LogP contribution in [0.3, 0.4) is 0 Å². The lowest BCUT2D eigenvalue weighted by atomic mass is 10.1. The summed E-state index contributed by atoms with van der Waals surface area (Å²) < 4.78 is 36.6. The van der Waals surface area contributed by atoms with Crippen LogP contribution in [0.4, 0.5) is 17.5 Å². The van der Waals surface area contributed by atoms with Crippen LogP contribution >= 0.6 is 38.6 Å². The van der Waals surface area contributed by atoms with Gasteiger partial charge in [-0.3, -0.25) is 4.79 Å². The lowest BCUT2D eigenvalue weighted by Crippen LogP contribution is -2.21. The van der Waals surface area contributed by atoms with Crippen molar-refractivity contribution in [2.24, 2.45) is 0 Å². The maximum atomic E-state index is 12.3. The van der Waals surface area contributed by atoms with Crippen LogP contribution in [0.2, 0.25) is 0 Å². The van der Waals surface area contributed by atoms with Gasteiger partial charge in [-0.1, -0.05) is 24.3 Å². The van der Waals surface area contributed by atoms with Crippen LogP contribution in [0.1, 0.15) is 45.8 Å². The minimum Gasteiger partial charge on any atom is -0.476 e. The summed E-state index contributed by atoms with van der Waals surface area (Å²) in [6, 6.07) is 17.6. The number of nitrogens with two attached hydrogens (primary N) is 3. The molecule has 0 atom stereocenters. The van der Waals surface area contributed by atoms with E-state index in [1.54, 1.807) is 70.5 Å². The van der Waals surface area contributed by atoms with Crippen LogP contribution in [0.5, 0.6) is 0 Å². The molecule has 358 valence electrons. The molecule has 0 aliphatic carbocycles. The number of carboxylic acid groups (broad SMARTS) is 1. The number of halogens is 1. The molecule has 9 rings (SSSR count). The van der Waals surface area contributed by atoms with Crippen molar-refractivity contribution in [1.29, 1.82) is 0 Å². The Kier molecular flexibility index (Phi) is 15.1. The SMILES string of the molecule is Cc1ccsc1-c1nnc(-c2nc(-c3ccc(C(=O)N(C)C)cc3)cnc2N)o1.Cc1ccsc1-c1nnc(-c2nc(-c3ccc(S(=O)(=O)C(C)C)cc3)cnc2N)o1.Nc1ncc(Br)nc1C(=O)O. The van der Waals surface area contributed by atoms with Gasteiger partial charge >= 0.3 is 5.97 Å². The van der Waals surface area contributed by atoms with Gasteiger partial charge in [-0.25, -0.2) is 43.1 Å². The van der Waals surface area contributed by atoms with Crippen LogP contribution < -0.4 is 17.2 Å². The Morgan fingerprint density at radius 3 is 1.50 bits per heavy atom. The van der Waals surface area contributed by atoms with E-state index in [1.165, 1.54) is 40.0 Å². The van der Waals surface area contributed by atoms with Gasteiger partial charge in [-0.2, -0.15) is 0 Å². The van der Waals surface area contributed by atoms with Gasteiger partial charge < -0.3 is 36.0 Å². The molecule has 0 saturated heterocycles. The van der Waals surface area contributed by atoms with Crippen molar-refractivity contribution >= 4 is 77.8 Å². The number of carbonyl (C=O) groups excluding carboxylic acids is 1. The summed E-state index contributed by atoms with van der Waals surface area (Å²) in [5, 5.41) is 28.3. The molecule has 0 bridgehead atoms. The lowest BCUT2D eigenvalue weighted by Gasteiger charge is -2.10. The first kappa shape index (κ1) is 50.0. The van der Waals surface area contributed by atoms with E-state index < -0.39 is 21.1 Å². The number of rotatable bonds is 10. The van der Waals surface area contributed by atoms with Crippen molar-refractivity contribution in [2.45, 2.75) is 37.8 Å². The zero-order valence-corrected chi connectivity index (χ0v) is 41.9. The van der Waals surface area contributed by atoms with Crippen LogP contribution in [0.25, 0.3) is 67.2 Å². The zero-order valence-electron chi connectivity index (χ0n) is 37.9. The van der Waals surface area contributed by atoms with Gasteiger partial charge in [-0.15, -0.1) is 43.1 Å². The van der Waals surface area contributed by atoms with Crippen LogP contribution in [-0.2, 0) is 9.84 Å². The van der Waals surface area contributed by atoms with Crippen molar-refractivity contribution in [3.8, 4) is 67.2 Å². The first-order chi connectivity index (χ1) is 33.3. The molecule has 0 fully saturated rings. The van der Waals surface area contributed by atoms with Gasteiger partial charge in [0, 0.05) is 30.8 Å². The van der Waals surface area contributed by atoms with E-state index in [1.807, 2.05) is 48.9 Å². The predicted octanol–water partition coefficient (Wildman–Crippen LogP) is 8.03. The molecule has 0 aliphatic rings. The number of aromatic nitrogens is 10. The third-order valence-electron chi connectivity index (χ3n) is 9.88. The predicted molar refractivity (Wildman–Crippen MR) is 268 cm³/mol. The van der Waals surface area contributed by atoms with E-state index in [4.69, 9.17) is 31.1 Å². The molecule has 2 aromatic carbocycles. The minimum absolute atomic E-state index is 0.0668. The molecule has 21 nitrogen and oxygen atoms in total. The molecule has 9 aromatic rings. The number of aromatic carboxylic acids is 1. The highest BCUT2D eigenvalue weighted by molar-refractivity contribution is 9.10. The molecular formula is C45H41BrN14O7S3. The molecule has 0 radical (unpaired) electrons. The number of hydrogen-bond acceptors (Lipinski definition) is 21. The fourth-order valence-corrected chi connectivity index (χ4v) is 9.09. The summed E-state index contributed by atoms with van der Waals surface area (Å²) in [6.45, 7) is 7.25. The Balaban J connectivity index is 0.000000170. The average molecular weight is 1070 g/mol. The number of anilines is 3. The molecular weight excluding hydrogens is 1020 g/mol. The third kappa shape index (κ3) is 11.2. The van der Waals surface area contributed by atoms with Crippen molar-refractivity contribution in [2.75, 3.05) is 31.3 Å². The normalized spacial score (nSPS) is 11.1. The number of thiophene rings is 2. The Hall–Kier alpha value is -7.87. The number of carboxylic acids is 1. The number of nitrogens with zero attached hydrogens (tertiary/aromatic N) is 11. The van der Waals surface area contributed by atoms with Gasteiger partial charge in [0.05, 0.1) is 49.9 Å². The van der Waals surface area contributed by atoms with Gasteiger partial charge in [0.25, 0.3) is 29.5 Å². The fourth-order valence-electron chi connectivity index (χ4n) is 6.06. The Labute approximate surface area is 416 Å². The molecule has 25 heteroatoms. The molecule has 0 aliphatic heterocycles. The van der Waals surface area contributed by atoms with E-state index in [0.29, 0.717) is 44.6 Å². The largest absolute Gasteiger partial charge is 0.476 e. The standard InChI is InChI=1S/C20H18N6O2S.C20H19N5O3S2.C5H4BrN3O2/c1-11-8-9-29-16(11)19-25-24-18(28-19)15-17(21)22-10-14(23-15)12-4-6-13(7-5-12)20(27)26(2)3;1-11(2)30(26,27)14-6-4-13(5-7-14)15-10-22-18(21)16(23-15)19-24-25-20(28-19)17-12(3)8-9-29-17;6-2-1-8-4(7)3(9-2)5(10)11/h4-10H,1-3H3,(H2,21,22);4-11H,1-3H3,(H2,21,22);1H,(H2,7,8)(H,10,11). The van der Waals surface area contributed by atoms with Crippen molar-refractivity contribution < 1.29 is 31.9 Å². The number of carbonyl (C=O) groups is 2. The summed E-state index contributed by atoms with van der Waals surface area (Å²) in [5.41, 5.74) is 22.9. The quantitative estimate of drug-likeness (QED) is 0.101. The minimum atomic E-state index is -3.34. The van der Waals surface area contributed by atoms with Crippen molar-refractivity contribution in [3.05, 3.63) is 117 Å². The maximum Gasteiger partial charge on any atom is 0.358 e. The van der Waals surface area contributed by atoms with Crippen molar-refractivity contribution in [3.63, 3.8) is 0 Å². The first-order valence-corrected chi connectivity index (χ1v) is 24.6. The fraction of sp³-hybridized carbons (Fsp3) is 0.156. The molecule has 70 heavy (non-hydrogen) atoms. The second kappa shape index (κ2) is 21.2. The van der Waals surface area contributed by atoms with Crippen LogP contribution in [0.15, 0.2) is 108 Å². The summed E-state index contributed by atoms with van der Waals surface area (Å²) >= 11 is 6.01. The number of aryl methyl sites for hydroxylation is 2. The molecule has 0 spiro atoms. The Morgan fingerprint density at radius 1 is 0.657 bits per heavy atom. The summed E-state index contributed by atoms with van der Waals surface area (Å²) in [6.07, 6.45) is 4.43. The molecule has 0 unspecified atom stereocenters. The van der Waals surface area contributed by atoms with E-state index in [9.17, 15) is 18.0 Å². The second-order valence-corrected chi connectivity index (χ2v) is 20.4. The third-order valence-corrected chi connectivity index (χ3v) is 14.4. The molecule has 0 saturated carbocycles. The first-order valence-electron chi connectivity index (χ1n) is 20.5. The van der Waals surface area contributed by atoms with E-state index in [-0.39, 0.29) is 51.4 Å². The van der Waals surface area contributed by atoms with Gasteiger partial charge in [0.15, 0.2) is 44.4 Å². The van der Waals surface area contributed by atoms with E-state index in [0.717, 1.165) is 26.4 Å². The monoisotopic (exact) mass is 1060 g/mol. The second-order valence-electron chi connectivity index (χ2n) is 15.3. The van der Waals surface area contributed by atoms with Crippen LogP contribution in [-0.4, -0.2) is 99.9 Å². The molecule has 1 amide bonds. The molecule has 7 aromatic heterocycles. The highest BCUT2D eigenvalue weighted by atomic mass is 79.9. The summed E-state index contributed by atoms with van der Waals surface area (Å²) in [4.78, 5) is 50.7. The Morgan fingerprint density at radius 2 is 1.10 bits per heavy atom. The number of sulfone groups is 1. The number of nitrogen functional groups attached to an aromatic ring is 3. The highest BCUT2D eigenvalue weighted by Gasteiger charge is 2.22. The summed E-state index contributed by atoms with van der Waals surface area (Å²) in [7, 11) is 0.0808. The van der Waals surface area contributed by atoms with Gasteiger partial charge in [0.2, 0.25) is 0 Å². The number of amides is 1. The topological polar surface area (TPSA) is 325 Å². The number of hydrogen-bond donors (Lipinski definition) is 4. The smallest absolute Gasteiger partial charge is 0.358 e. The van der Waals surface area contributed by atoms with Crippen LogP contribution in [0, 0.1) is 13.8 Å². The molecule has 7 heterocycles. The van der Waals surface area contributed by atoms with E-state index >= 15 is 0 Å². The maximum absolute atomic E-state index is 12.3. The lowest BCUT2D eigenvalue weighted by molar-refractivity contribution is 0.0690. The summed E-state index contributed by atoms with van der Waals surface area (Å²) in [5.74, 6) is 0.225. The van der Waals surface area contributed by atoms with Crippen molar-refractivity contribution in [1.82, 2.24) is 55.2 Å². The Bertz CT molecular complexity index is 3450. The van der Waals surface area contributed by atoms with E-state index in [2.05, 4.69) is 66.2 Å². The average Bonchev–Trinajstić information content (AvgIpc) is 4.19. The zero-order chi connectivity index (χ0) is 50.4. The highest BCUT2D eigenvalue weighted by Crippen LogP contribution is 2.34. The molecule has 7 N–H and O–H groups in total. The number of benzene rings is 2. The van der Waals surface area contributed by atoms with Gasteiger partial charge in [-0.05, 0) is 102 Å². The van der Waals surface area contributed by atoms with Gasteiger partial charge in [0.1, 0.15) is 4.60 Å².